The van der Waals surface area contributed by atoms with Crippen molar-refractivity contribution in [2.45, 2.75) is 32.4 Å². The van der Waals surface area contributed by atoms with E-state index < -0.39 is 0 Å². The molecule has 7 heteroatoms. The predicted molar refractivity (Wildman–Crippen MR) is 117 cm³/mol. The molecule has 0 spiro atoms. The molecule has 2 aromatic carbocycles. The van der Waals surface area contributed by atoms with E-state index in [2.05, 4.69) is 39.9 Å². The van der Waals surface area contributed by atoms with Crippen LogP contribution in [0.5, 0.6) is 11.5 Å². The zero-order chi connectivity index (χ0) is 20.8. The van der Waals surface area contributed by atoms with E-state index in [4.69, 9.17) is 9.47 Å². The van der Waals surface area contributed by atoms with Crippen LogP contribution in [0.25, 0.3) is 0 Å². The summed E-state index contributed by atoms with van der Waals surface area (Å²) in [6.45, 7) is 3.54. The maximum Gasteiger partial charge on any atom is 0.222 e. The Balaban J connectivity index is 1.31. The lowest BCUT2D eigenvalue weighted by atomic mass is 10.1. The van der Waals surface area contributed by atoms with Gasteiger partial charge >= 0.3 is 0 Å². The van der Waals surface area contributed by atoms with Gasteiger partial charge in [-0.1, -0.05) is 24.3 Å². The third-order valence-electron chi connectivity index (χ3n) is 5.26. The van der Waals surface area contributed by atoms with Gasteiger partial charge in [0.05, 0.1) is 13.2 Å². The minimum absolute atomic E-state index is 0.255. The third kappa shape index (κ3) is 5.03. The van der Waals surface area contributed by atoms with Crippen LogP contribution in [0, 0.1) is 0 Å². The quantitative estimate of drug-likeness (QED) is 0.587. The number of amides is 1. The fraction of sp³-hybridized carbons (Fsp3) is 0.391. The monoisotopic (exact) mass is 408 g/mol. The summed E-state index contributed by atoms with van der Waals surface area (Å²) >= 11 is 0. The Morgan fingerprint density at radius 2 is 1.80 bits per heavy atom. The number of anilines is 1. The van der Waals surface area contributed by atoms with Crippen molar-refractivity contribution in [3.05, 3.63) is 53.6 Å². The molecule has 158 valence electrons. The Morgan fingerprint density at radius 1 is 1.03 bits per heavy atom. The first-order valence-electron chi connectivity index (χ1n) is 10.4. The normalized spacial score (nSPS) is 16.4. The van der Waals surface area contributed by atoms with E-state index >= 15 is 0 Å². The number of rotatable bonds is 5. The second-order valence-corrected chi connectivity index (χ2v) is 7.50. The van der Waals surface area contributed by atoms with Crippen molar-refractivity contribution in [3.63, 3.8) is 0 Å². The van der Waals surface area contributed by atoms with Crippen LogP contribution >= 0.6 is 0 Å². The number of hydrogen-bond acceptors (Lipinski definition) is 4. The minimum atomic E-state index is 0.255. The topological polar surface area (TPSA) is 75.2 Å². The number of carbonyl (C=O) groups excluding carboxylic acids is 1. The van der Waals surface area contributed by atoms with Crippen molar-refractivity contribution in [1.29, 1.82) is 0 Å². The van der Waals surface area contributed by atoms with Gasteiger partial charge in [0, 0.05) is 51.3 Å². The lowest BCUT2D eigenvalue weighted by molar-refractivity contribution is -0.128. The SMILES string of the molecule is CN=C(NCc1ccc(CN2CCCC2=O)cc1)Nc1ccc2c(c1)OCCCO2. The van der Waals surface area contributed by atoms with Crippen LogP contribution in [0.3, 0.4) is 0 Å². The smallest absolute Gasteiger partial charge is 0.222 e. The summed E-state index contributed by atoms with van der Waals surface area (Å²) in [6, 6.07) is 14.1. The summed E-state index contributed by atoms with van der Waals surface area (Å²) in [5.41, 5.74) is 3.19. The number of ether oxygens (including phenoxy) is 2. The maximum atomic E-state index is 11.8. The molecule has 0 unspecified atom stereocenters. The van der Waals surface area contributed by atoms with Crippen LogP contribution in [0.1, 0.15) is 30.4 Å². The van der Waals surface area contributed by atoms with Gasteiger partial charge in [-0.05, 0) is 29.7 Å². The molecule has 1 fully saturated rings. The fourth-order valence-electron chi connectivity index (χ4n) is 3.60. The van der Waals surface area contributed by atoms with Gasteiger partial charge in [0.15, 0.2) is 17.5 Å². The number of nitrogens with zero attached hydrogens (tertiary/aromatic N) is 2. The Kier molecular flexibility index (Phi) is 6.37. The van der Waals surface area contributed by atoms with Crippen molar-refractivity contribution in [1.82, 2.24) is 10.2 Å². The van der Waals surface area contributed by atoms with Gasteiger partial charge in [0.25, 0.3) is 0 Å². The van der Waals surface area contributed by atoms with E-state index in [0.29, 0.717) is 38.7 Å². The minimum Gasteiger partial charge on any atom is -0.490 e. The average molecular weight is 409 g/mol. The van der Waals surface area contributed by atoms with Gasteiger partial charge in [0.2, 0.25) is 5.91 Å². The molecule has 0 radical (unpaired) electrons. The summed E-state index contributed by atoms with van der Waals surface area (Å²) in [5.74, 6) is 2.46. The van der Waals surface area contributed by atoms with Crippen molar-refractivity contribution in [3.8, 4) is 11.5 Å². The van der Waals surface area contributed by atoms with Gasteiger partial charge in [0.1, 0.15) is 0 Å². The predicted octanol–water partition coefficient (Wildman–Crippen LogP) is 3.16. The summed E-state index contributed by atoms with van der Waals surface area (Å²) in [4.78, 5) is 18.0. The summed E-state index contributed by atoms with van der Waals surface area (Å²) < 4.78 is 11.4. The lowest BCUT2D eigenvalue weighted by Gasteiger charge is -2.16. The molecule has 2 aliphatic heterocycles. The fourth-order valence-corrected chi connectivity index (χ4v) is 3.60. The molecular weight excluding hydrogens is 380 g/mol. The molecule has 1 saturated heterocycles. The largest absolute Gasteiger partial charge is 0.490 e. The molecule has 30 heavy (non-hydrogen) atoms. The number of fused-ring (bicyclic) bond motifs is 1. The first-order valence-corrected chi connectivity index (χ1v) is 10.4. The van der Waals surface area contributed by atoms with Crippen LogP contribution in [0.2, 0.25) is 0 Å². The van der Waals surface area contributed by atoms with Gasteiger partial charge in [-0.2, -0.15) is 0 Å². The average Bonchev–Trinajstić information content (AvgIpc) is 3.02. The van der Waals surface area contributed by atoms with E-state index in [1.54, 1.807) is 7.05 Å². The van der Waals surface area contributed by atoms with E-state index in [0.717, 1.165) is 47.7 Å². The second kappa shape index (κ2) is 9.52. The van der Waals surface area contributed by atoms with Crippen LogP contribution in [-0.2, 0) is 17.9 Å². The highest BCUT2D eigenvalue weighted by Gasteiger charge is 2.19. The molecule has 2 heterocycles. The lowest BCUT2D eigenvalue weighted by Crippen LogP contribution is -2.30. The molecule has 0 aromatic heterocycles. The second-order valence-electron chi connectivity index (χ2n) is 7.50. The number of likely N-dealkylation sites (tertiary alicyclic amines) is 1. The van der Waals surface area contributed by atoms with E-state index in [9.17, 15) is 4.79 Å². The van der Waals surface area contributed by atoms with E-state index in [-0.39, 0.29) is 5.91 Å². The zero-order valence-corrected chi connectivity index (χ0v) is 17.3. The van der Waals surface area contributed by atoms with Gasteiger partial charge in [-0.15, -0.1) is 0 Å². The number of guanidine groups is 1. The number of hydrogen-bond donors (Lipinski definition) is 2. The molecule has 1 amide bonds. The molecule has 2 aromatic rings. The maximum absolute atomic E-state index is 11.8. The standard InChI is InChI=1S/C23H28N4O3/c1-24-23(26-19-9-10-20-21(14-19)30-13-3-12-29-20)25-15-17-5-7-18(8-6-17)16-27-11-2-4-22(27)28/h5-10,14H,2-4,11-13,15-16H2,1H3,(H2,24,25,26). The highest BCUT2D eigenvalue weighted by atomic mass is 16.5. The van der Waals surface area contributed by atoms with Crippen LogP contribution in [-0.4, -0.2) is 43.6 Å². The third-order valence-corrected chi connectivity index (χ3v) is 5.26. The number of carbonyl (C=O) groups is 1. The summed E-state index contributed by atoms with van der Waals surface area (Å²) in [5, 5.41) is 6.62. The highest BCUT2D eigenvalue weighted by Crippen LogP contribution is 2.32. The highest BCUT2D eigenvalue weighted by molar-refractivity contribution is 5.93. The molecule has 4 rings (SSSR count). The van der Waals surface area contributed by atoms with Crippen LogP contribution in [0.4, 0.5) is 5.69 Å². The molecule has 0 bridgehead atoms. The molecule has 7 nitrogen and oxygen atoms in total. The molecule has 2 aliphatic rings. The molecule has 0 atom stereocenters. The van der Waals surface area contributed by atoms with Crippen molar-refractivity contribution in [2.75, 3.05) is 32.1 Å². The first-order chi connectivity index (χ1) is 14.7. The summed E-state index contributed by atoms with van der Waals surface area (Å²) in [7, 11) is 1.74. The molecule has 0 aliphatic carbocycles. The molecule has 2 N–H and O–H groups in total. The van der Waals surface area contributed by atoms with Crippen LogP contribution in [0.15, 0.2) is 47.5 Å². The van der Waals surface area contributed by atoms with E-state index in [1.807, 2.05) is 23.1 Å². The van der Waals surface area contributed by atoms with Gasteiger partial charge < -0.3 is 25.0 Å². The Labute approximate surface area is 177 Å². The number of aliphatic imine (C=N–C) groups is 1. The van der Waals surface area contributed by atoms with Crippen molar-refractivity contribution in [2.24, 2.45) is 4.99 Å². The zero-order valence-electron chi connectivity index (χ0n) is 17.3. The van der Waals surface area contributed by atoms with E-state index in [1.165, 1.54) is 0 Å². The first kappa shape index (κ1) is 20.1. The van der Waals surface area contributed by atoms with Gasteiger partial charge in [-0.25, -0.2) is 0 Å². The molecule has 0 saturated carbocycles. The van der Waals surface area contributed by atoms with Crippen molar-refractivity contribution < 1.29 is 14.3 Å². The van der Waals surface area contributed by atoms with Gasteiger partial charge in [-0.3, -0.25) is 9.79 Å². The number of nitrogens with one attached hydrogen (secondary N) is 2. The Hall–Kier alpha value is -3.22. The Morgan fingerprint density at radius 3 is 2.53 bits per heavy atom. The van der Waals surface area contributed by atoms with Crippen molar-refractivity contribution >= 4 is 17.6 Å². The molecular formula is C23H28N4O3. The number of benzene rings is 2. The Bertz CT molecular complexity index is 911. The summed E-state index contributed by atoms with van der Waals surface area (Å²) in [6.07, 6.45) is 2.53. The van der Waals surface area contributed by atoms with Crippen LogP contribution < -0.4 is 20.1 Å².